The van der Waals surface area contributed by atoms with Gasteiger partial charge in [0.1, 0.15) is 0 Å². The molecule has 0 aromatic rings. The molecule has 0 fully saturated rings. The van der Waals surface area contributed by atoms with E-state index in [0.29, 0.717) is 0 Å². The first-order chi connectivity index (χ1) is 20.9. The predicted molar refractivity (Wildman–Crippen MR) is 204 cm³/mol. The molecule has 0 N–H and O–H groups in total. The predicted octanol–water partition coefficient (Wildman–Crippen LogP) is 15.4. The van der Waals surface area contributed by atoms with Gasteiger partial charge in [0.15, 0.2) is 0 Å². The van der Waals surface area contributed by atoms with E-state index >= 15 is 0 Å². The van der Waals surface area contributed by atoms with E-state index in [1.54, 1.807) is 0 Å². The van der Waals surface area contributed by atoms with E-state index in [2.05, 4.69) is 124 Å². The molecule has 0 rings (SSSR count). The Hall–Kier alpha value is -2.34. The lowest BCUT2D eigenvalue weighted by Gasteiger charge is -2.04. The summed E-state index contributed by atoms with van der Waals surface area (Å²) in [6.07, 6.45) is 38.1. The van der Waals surface area contributed by atoms with E-state index < -0.39 is 0 Å². The van der Waals surface area contributed by atoms with Crippen LogP contribution in [0.5, 0.6) is 0 Å². The number of allylic oxidation sites excluding steroid dienone is 17. The van der Waals surface area contributed by atoms with Crippen LogP contribution in [0.2, 0.25) is 0 Å². The first-order valence-corrected chi connectivity index (χ1v) is 17.8. The minimum absolute atomic E-state index is 1.11. The third kappa shape index (κ3) is 28.4. The molecule has 0 aliphatic carbocycles. The molecule has 0 heterocycles. The highest BCUT2D eigenvalue weighted by molar-refractivity contribution is 5.10. The van der Waals surface area contributed by atoms with Gasteiger partial charge in [-0.1, -0.05) is 98.8 Å². The summed E-state index contributed by atoms with van der Waals surface area (Å²) < 4.78 is 0. The van der Waals surface area contributed by atoms with Crippen molar-refractivity contribution < 1.29 is 0 Å². The molecule has 0 aliphatic heterocycles. The second-order valence-electron chi connectivity index (χ2n) is 13.9. The van der Waals surface area contributed by atoms with Gasteiger partial charge in [-0.15, -0.1) is 6.58 Å². The van der Waals surface area contributed by atoms with Crippen LogP contribution in [0.25, 0.3) is 0 Å². The van der Waals surface area contributed by atoms with Gasteiger partial charge < -0.3 is 0 Å². The van der Waals surface area contributed by atoms with E-state index in [0.717, 1.165) is 38.5 Å². The zero-order chi connectivity index (χ0) is 33.2. The summed E-state index contributed by atoms with van der Waals surface area (Å²) in [5.74, 6) is 0. The van der Waals surface area contributed by atoms with Gasteiger partial charge in [-0.2, -0.15) is 0 Å². The molecule has 0 radical (unpaired) electrons. The van der Waals surface area contributed by atoms with E-state index in [4.69, 9.17) is 0 Å². The molecule has 0 amide bonds. The van der Waals surface area contributed by atoms with Gasteiger partial charge in [0, 0.05) is 0 Å². The summed E-state index contributed by atoms with van der Waals surface area (Å²) in [4.78, 5) is 0. The van der Waals surface area contributed by atoms with Crippen LogP contribution in [-0.2, 0) is 0 Å². The Kier molecular flexibility index (Phi) is 25.6. The molecule has 0 saturated carbocycles. The van der Waals surface area contributed by atoms with E-state index in [1.165, 1.54) is 114 Å². The van der Waals surface area contributed by atoms with E-state index in [-0.39, 0.29) is 0 Å². The third-order valence-corrected chi connectivity index (χ3v) is 8.34. The van der Waals surface area contributed by atoms with Crippen molar-refractivity contribution in [2.24, 2.45) is 0 Å². The molecule has 44 heavy (non-hydrogen) atoms. The summed E-state index contributed by atoms with van der Waals surface area (Å²) in [5.41, 5.74) is 13.4. The normalized spacial score (nSPS) is 14.4. The van der Waals surface area contributed by atoms with Crippen molar-refractivity contribution in [3.63, 3.8) is 0 Å². The zero-order valence-corrected chi connectivity index (χ0v) is 31.1. The SMILES string of the molecule is C=C(C)CC/C=C(\C)CC/C=C(\C)CC/C=C(\C)CC/C=C(\C)CC/C=C(\C)CC/C=C(\C)CC/C=C(\C)CCC=C(C)C. The van der Waals surface area contributed by atoms with Crippen LogP contribution in [-0.4, -0.2) is 0 Å². The van der Waals surface area contributed by atoms with Gasteiger partial charge in [-0.25, -0.2) is 0 Å². The summed E-state index contributed by atoms with van der Waals surface area (Å²) in [5, 5.41) is 0. The maximum Gasteiger partial charge on any atom is -0.0288 e. The standard InChI is InChI=1S/C44H72/c1-36(2)20-12-22-38(5)24-14-26-40(7)28-16-30-42(9)32-18-34-44(11)35-19-33-43(10)31-17-29-41(8)27-15-25-39(6)23-13-21-37(3)4/h21-22,25-26,29-30,33-34H,1,12-20,23-24,27-28,31-32,35H2,2-11H3/b38-22+,39-25+,40-26+,41-29+,42-30+,43-33+,44-34+. The van der Waals surface area contributed by atoms with Crippen molar-refractivity contribution in [1.82, 2.24) is 0 Å². The van der Waals surface area contributed by atoms with Gasteiger partial charge >= 0.3 is 0 Å². The molecule has 0 bridgehead atoms. The van der Waals surface area contributed by atoms with Crippen molar-refractivity contribution in [2.45, 2.75) is 172 Å². The van der Waals surface area contributed by atoms with Gasteiger partial charge in [-0.3, -0.25) is 0 Å². The van der Waals surface area contributed by atoms with Crippen LogP contribution >= 0.6 is 0 Å². The Morgan fingerprint density at radius 1 is 0.295 bits per heavy atom. The van der Waals surface area contributed by atoms with Gasteiger partial charge in [-0.05, 0) is 172 Å². The van der Waals surface area contributed by atoms with Gasteiger partial charge in [0.25, 0.3) is 0 Å². The van der Waals surface area contributed by atoms with Crippen molar-refractivity contribution in [3.05, 3.63) is 105 Å². The second kappa shape index (κ2) is 27.0. The summed E-state index contributed by atoms with van der Waals surface area (Å²) in [6, 6.07) is 0. The highest BCUT2D eigenvalue weighted by Gasteiger charge is 1.97. The zero-order valence-electron chi connectivity index (χ0n) is 31.1. The lowest BCUT2D eigenvalue weighted by molar-refractivity contribution is 0.880. The first kappa shape index (κ1) is 41.7. The van der Waals surface area contributed by atoms with E-state index in [9.17, 15) is 0 Å². The van der Waals surface area contributed by atoms with Crippen LogP contribution in [0.15, 0.2) is 105 Å². The molecule has 0 aromatic carbocycles. The first-order valence-electron chi connectivity index (χ1n) is 17.8. The van der Waals surface area contributed by atoms with E-state index in [1.807, 2.05) is 0 Å². The average Bonchev–Trinajstić information content (AvgIpc) is 2.92. The summed E-state index contributed by atoms with van der Waals surface area (Å²) >= 11 is 0. The van der Waals surface area contributed by atoms with Crippen molar-refractivity contribution in [1.29, 1.82) is 0 Å². The average molecular weight is 601 g/mol. The lowest BCUT2D eigenvalue weighted by atomic mass is 10.0. The quantitative estimate of drug-likeness (QED) is 0.0967. The van der Waals surface area contributed by atoms with Crippen LogP contribution in [0, 0.1) is 0 Å². The highest BCUT2D eigenvalue weighted by Crippen LogP contribution is 2.17. The molecule has 0 unspecified atom stereocenters. The van der Waals surface area contributed by atoms with Crippen LogP contribution < -0.4 is 0 Å². The molecule has 0 saturated heterocycles. The fraction of sp³-hybridized carbons (Fsp3) is 0.591. The molecule has 0 aromatic heterocycles. The molecule has 0 nitrogen and oxygen atoms in total. The third-order valence-electron chi connectivity index (χ3n) is 8.34. The summed E-state index contributed by atoms with van der Waals surface area (Å²) in [7, 11) is 0. The Labute approximate surface area is 276 Å². The molecular weight excluding hydrogens is 528 g/mol. The Bertz CT molecular complexity index is 1050. The van der Waals surface area contributed by atoms with Crippen molar-refractivity contribution in [3.8, 4) is 0 Å². The van der Waals surface area contributed by atoms with Gasteiger partial charge in [0.2, 0.25) is 0 Å². The monoisotopic (exact) mass is 601 g/mol. The largest absolute Gasteiger partial charge is 0.100 e. The van der Waals surface area contributed by atoms with Crippen molar-refractivity contribution in [2.75, 3.05) is 0 Å². The Morgan fingerprint density at radius 2 is 0.477 bits per heavy atom. The Morgan fingerprint density at radius 3 is 0.659 bits per heavy atom. The molecule has 0 atom stereocenters. The molecule has 0 aliphatic rings. The lowest BCUT2D eigenvalue weighted by Crippen LogP contribution is -1.84. The topological polar surface area (TPSA) is 0 Å². The minimum Gasteiger partial charge on any atom is -0.100 e. The summed E-state index contributed by atoms with van der Waals surface area (Å²) in [6.45, 7) is 26.5. The Balaban J connectivity index is 4.20. The molecule has 0 spiro atoms. The van der Waals surface area contributed by atoms with Gasteiger partial charge in [0.05, 0.1) is 0 Å². The minimum atomic E-state index is 1.11. The van der Waals surface area contributed by atoms with Crippen LogP contribution in [0.4, 0.5) is 0 Å². The number of hydrogen-bond acceptors (Lipinski definition) is 0. The molecule has 248 valence electrons. The smallest absolute Gasteiger partial charge is 0.0288 e. The maximum absolute atomic E-state index is 3.99. The fourth-order valence-electron chi connectivity index (χ4n) is 5.15. The second-order valence-corrected chi connectivity index (χ2v) is 13.9. The van der Waals surface area contributed by atoms with Crippen LogP contribution in [0.3, 0.4) is 0 Å². The number of rotatable bonds is 24. The molecular formula is C44H72. The van der Waals surface area contributed by atoms with Crippen molar-refractivity contribution >= 4 is 0 Å². The number of hydrogen-bond donors (Lipinski definition) is 0. The fourth-order valence-corrected chi connectivity index (χ4v) is 5.15. The maximum atomic E-state index is 3.99. The molecule has 0 heteroatoms. The van der Waals surface area contributed by atoms with Crippen LogP contribution in [0.1, 0.15) is 172 Å². The highest BCUT2D eigenvalue weighted by atomic mass is 14.0.